The van der Waals surface area contributed by atoms with Crippen LogP contribution in [0.15, 0.2) is 0 Å². The van der Waals surface area contributed by atoms with E-state index in [1.54, 1.807) is 0 Å². The normalized spacial score (nSPS) is 25.1. The highest BCUT2D eigenvalue weighted by Gasteiger charge is 2.23. The van der Waals surface area contributed by atoms with Crippen molar-refractivity contribution >= 4 is 0 Å². The topological polar surface area (TPSA) is 47.6 Å². The lowest BCUT2D eigenvalue weighted by Crippen LogP contribution is -3.18. The molecule has 16 heavy (non-hydrogen) atoms. The second-order valence-corrected chi connectivity index (χ2v) is 4.79. The van der Waals surface area contributed by atoms with E-state index in [2.05, 4.69) is 0 Å². The summed E-state index contributed by atoms with van der Waals surface area (Å²) in [4.78, 5) is 2.96. The molecule has 0 aromatic rings. The molecule has 2 aliphatic rings. The molecule has 2 aliphatic heterocycles. The maximum Gasteiger partial charge on any atom is 0.152 e. The lowest BCUT2D eigenvalue weighted by Gasteiger charge is -2.29. The Bertz CT molecular complexity index is 172. The van der Waals surface area contributed by atoms with E-state index in [-0.39, 0.29) is 6.10 Å². The van der Waals surface area contributed by atoms with Gasteiger partial charge in [-0.1, -0.05) is 0 Å². The van der Waals surface area contributed by atoms with Gasteiger partial charge in [0, 0.05) is 0 Å². The van der Waals surface area contributed by atoms with Crippen molar-refractivity contribution in [3.63, 3.8) is 0 Å². The Labute approximate surface area is 96.9 Å². The minimum atomic E-state index is -0.179. The van der Waals surface area contributed by atoms with Gasteiger partial charge in [0.25, 0.3) is 0 Å². The van der Waals surface area contributed by atoms with Crippen molar-refractivity contribution < 1.29 is 24.4 Å². The molecule has 0 radical (unpaired) electrons. The zero-order valence-electron chi connectivity index (χ0n) is 9.91. The SMILES string of the molecule is OC(C[NH+]1CCOCC1)C[NH+]1CCOCC1. The van der Waals surface area contributed by atoms with E-state index in [0.29, 0.717) is 0 Å². The van der Waals surface area contributed by atoms with Gasteiger partial charge in [-0.15, -0.1) is 0 Å². The van der Waals surface area contributed by atoms with Crippen molar-refractivity contribution in [1.82, 2.24) is 0 Å². The van der Waals surface area contributed by atoms with Gasteiger partial charge >= 0.3 is 0 Å². The van der Waals surface area contributed by atoms with Gasteiger partial charge in [0.1, 0.15) is 39.3 Å². The highest BCUT2D eigenvalue weighted by Crippen LogP contribution is 1.80. The van der Waals surface area contributed by atoms with E-state index in [4.69, 9.17) is 9.47 Å². The Kier molecular flexibility index (Phi) is 4.99. The molecule has 5 nitrogen and oxygen atoms in total. The number of aliphatic hydroxyl groups excluding tert-OH is 1. The zero-order chi connectivity index (χ0) is 11.2. The summed E-state index contributed by atoms with van der Waals surface area (Å²) >= 11 is 0. The number of morpholine rings is 2. The predicted molar refractivity (Wildman–Crippen MR) is 58.8 cm³/mol. The van der Waals surface area contributed by atoms with Gasteiger partial charge in [-0.05, 0) is 0 Å². The molecule has 5 heteroatoms. The van der Waals surface area contributed by atoms with Crippen LogP contribution in [-0.4, -0.2) is 76.9 Å². The van der Waals surface area contributed by atoms with Crippen molar-refractivity contribution in [2.24, 2.45) is 0 Å². The summed E-state index contributed by atoms with van der Waals surface area (Å²) in [5.74, 6) is 0. The van der Waals surface area contributed by atoms with E-state index in [0.717, 1.165) is 65.7 Å². The molecular formula is C11H24N2O3+2. The van der Waals surface area contributed by atoms with E-state index < -0.39 is 0 Å². The quantitative estimate of drug-likeness (QED) is 0.466. The summed E-state index contributed by atoms with van der Waals surface area (Å²) in [5, 5.41) is 10.0. The first-order valence-electron chi connectivity index (χ1n) is 6.35. The molecular weight excluding hydrogens is 208 g/mol. The Hall–Kier alpha value is -0.200. The summed E-state index contributed by atoms with van der Waals surface area (Å²) in [5.41, 5.74) is 0. The Morgan fingerprint density at radius 1 is 0.812 bits per heavy atom. The predicted octanol–water partition coefficient (Wildman–Crippen LogP) is -3.82. The molecule has 0 aromatic carbocycles. The molecule has 3 N–H and O–H groups in total. The van der Waals surface area contributed by atoms with Crippen molar-refractivity contribution in [3.05, 3.63) is 0 Å². The molecule has 0 amide bonds. The van der Waals surface area contributed by atoms with Crippen LogP contribution in [0.1, 0.15) is 0 Å². The number of ether oxygens (including phenoxy) is 2. The Morgan fingerprint density at radius 2 is 1.19 bits per heavy atom. The van der Waals surface area contributed by atoms with Gasteiger partial charge in [0.2, 0.25) is 0 Å². The number of aliphatic hydroxyl groups is 1. The molecule has 0 aliphatic carbocycles. The number of rotatable bonds is 4. The van der Waals surface area contributed by atoms with E-state index in [1.807, 2.05) is 0 Å². The van der Waals surface area contributed by atoms with E-state index in [1.165, 1.54) is 9.80 Å². The summed E-state index contributed by atoms with van der Waals surface area (Å²) in [7, 11) is 0. The molecule has 0 unspecified atom stereocenters. The van der Waals surface area contributed by atoms with Crippen LogP contribution in [0.25, 0.3) is 0 Å². The van der Waals surface area contributed by atoms with Crippen LogP contribution < -0.4 is 9.80 Å². The standard InChI is InChI=1S/C11H22N2O3/c14-11(9-12-1-5-15-6-2-12)10-13-3-7-16-8-4-13/h11,14H,1-10H2/p+2. The second kappa shape index (κ2) is 6.51. The molecule has 0 saturated carbocycles. The largest absolute Gasteiger partial charge is 0.382 e. The fourth-order valence-electron chi connectivity index (χ4n) is 2.47. The smallest absolute Gasteiger partial charge is 0.152 e. The molecule has 0 bridgehead atoms. The van der Waals surface area contributed by atoms with Gasteiger partial charge in [-0.3, -0.25) is 0 Å². The highest BCUT2D eigenvalue weighted by atomic mass is 16.5. The first-order chi connectivity index (χ1) is 7.84. The van der Waals surface area contributed by atoms with Gasteiger partial charge in [0.15, 0.2) is 6.10 Å². The van der Waals surface area contributed by atoms with Crippen LogP contribution in [0.2, 0.25) is 0 Å². The van der Waals surface area contributed by atoms with Crippen LogP contribution in [-0.2, 0) is 9.47 Å². The third-order valence-electron chi connectivity index (χ3n) is 3.45. The lowest BCUT2D eigenvalue weighted by atomic mass is 10.2. The first-order valence-corrected chi connectivity index (χ1v) is 6.35. The molecule has 0 atom stereocenters. The summed E-state index contributed by atoms with van der Waals surface area (Å²) in [6.45, 7) is 9.25. The van der Waals surface area contributed by atoms with Crippen LogP contribution >= 0.6 is 0 Å². The number of nitrogens with one attached hydrogen (secondary N) is 2. The fourth-order valence-corrected chi connectivity index (χ4v) is 2.47. The van der Waals surface area contributed by atoms with Crippen molar-refractivity contribution in [1.29, 1.82) is 0 Å². The third-order valence-corrected chi connectivity index (χ3v) is 3.45. The highest BCUT2D eigenvalue weighted by molar-refractivity contribution is 4.52. The summed E-state index contributed by atoms with van der Waals surface area (Å²) < 4.78 is 10.6. The van der Waals surface area contributed by atoms with Crippen LogP contribution in [0.4, 0.5) is 0 Å². The monoisotopic (exact) mass is 232 g/mol. The van der Waals surface area contributed by atoms with Crippen molar-refractivity contribution in [2.75, 3.05) is 65.7 Å². The van der Waals surface area contributed by atoms with Crippen molar-refractivity contribution in [2.45, 2.75) is 6.10 Å². The number of hydrogen-bond donors (Lipinski definition) is 3. The van der Waals surface area contributed by atoms with Crippen LogP contribution in [0, 0.1) is 0 Å². The van der Waals surface area contributed by atoms with E-state index in [9.17, 15) is 5.11 Å². The summed E-state index contributed by atoms with van der Waals surface area (Å²) in [6.07, 6.45) is -0.179. The fraction of sp³-hybridized carbons (Fsp3) is 1.00. The van der Waals surface area contributed by atoms with Crippen LogP contribution in [0.3, 0.4) is 0 Å². The molecule has 0 spiro atoms. The van der Waals surface area contributed by atoms with Gasteiger partial charge in [-0.25, -0.2) is 0 Å². The van der Waals surface area contributed by atoms with Gasteiger partial charge in [0.05, 0.1) is 26.4 Å². The first kappa shape index (κ1) is 12.3. The maximum atomic E-state index is 10.0. The zero-order valence-corrected chi connectivity index (χ0v) is 9.91. The van der Waals surface area contributed by atoms with Gasteiger partial charge < -0.3 is 24.4 Å². The second-order valence-electron chi connectivity index (χ2n) is 4.79. The molecule has 2 rings (SSSR count). The Balaban J connectivity index is 1.64. The average Bonchev–Trinajstić information content (AvgIpc) is 2.31. The molecule has 0 aromatic heterocycles. The minimum absolute atomic E-state index is 0.179. The molecule has 2 heterocycles. The van der Waals surface area contributed by atoms with Crippen molar-refractivity contribution in [3.8, 4) is 0 Å². The number of hydrogen-bond acceptors (Lipinski definition) is 3. The average molecular weight is 232 g/mol. The maximum absolute atomic E-state index is 10.0. The number of quaternary nitrogens is 2. The Morgan fingerprint density at radius 3 is 1.56 bits per heavy atom. The third kappa shape index (κ3) is 3.99. The van der Waals surface area contributed by atoms with Gasteiger partial charge in [-0.2, -0.15) is 0 Å². The minimum Gasteiger partial charge on any atom is -0.382 e. The van der Waals surface area contributed by atoms with Crippen LogP contribution in [0.5, 0.6) is 0 Å². The molecule has 2 fully saturated rings. The van der Waals surface area contributed by atoms with E-state index >= 15 is 0 Å². The molecule has 94 valence electrons. The molecule has 2 saturated heterocycles. The summed E-state index contributed by atoms with van der Waals surface area (Å²) in [6, 6.07) is 0. The lowest BCUT2D eigenvalue weighted by molar-refractivity contribution is -0.932.